The second-order valence-electron chi connectivity index (χ2n) is 4.14. The van der Waals surface area contributed by atoms with Crippen LogP contribution in [0, 0.1) is 0 Å². The molecule has 0 bridgehead atoms. The van der Waals surface area contributed by atoms with Gasteiger partial charge in [0.1, 0.15) is 5.76 Å². The van der Waals surface area contributed by atoms with E-state index in [1.165, 1.54) is 5.56 Å². The SMILES string of the molecule is CN(C)Cc1ccc(-c2ccco2)c(N)c1. The highest BCUT2D eigenvalue weighted by atomic mass is 16.3. The van der Waals surface area contributed by atoms with Crippen molar-refractivity contribution in [1.29, 1.82) is 0 Å². The summed E-state index contributed by atoms with van der Waals surface area (Å²) in [7, 11) is 4.08. The normalized spacial score (nSPS) is 10.9. The molecule has 0 spiro atoms. The van der Waals surface area contributed by atoms with Gasteiger partial charge in [0.15, 0.2) is 0 Å². The van der Waals surface area contributed by atoms with Crippen molar-refractivity contribution in [1.82, 2.24) is 4.90 Å². The predicted octanol–water partition coefficient (Wildman–Crippen LogP) is 2.59. The smallest absolute Gasteiger partial charge is 0.135 e. The standard InChI is InChI=1S/C13H16N2O/c1-15(2)9-10-5-6-11(12(14)8-10)13-4-3-7-16-13/h3-8H,9,14H2,1-2H3. The van der Waals surface area contributed by atoms with Crippen LogP contribution in [0.4, 0.5) is 5.69 Å². The molecule has 1 heterocycles. The molecule has 0 saturated heterocycles. The molecule has 1 aromatic heterocycles. The maximum Gasteiger partial charge on any atom is 0.135 e. The Balaban J connectivity index is 2.30. The highest BCUT2D eigenvalue weighted by Crippen LogP contribution is 2.27. The molecular weight excluding hydrogens is 200 g/mol. The van der Waals surface area contributed by atoms with Crippen LogP contribution in [0.3, 0.4) is 0 Å². The molecule has 0 aliphatic carbocycles. The van der Waals surface area contributed by atoms with Gasteiger partial charge in [-0.3, -0.25) is 0 Å². The van der Waals surface area contributed by atoms with Crippen molar-refractivity contribution in [2.75, 3.05) is 19.8 Å². The summed E-state index contributed by atoms with van der Waals surface area (Å²) in [5.41, 5.74) is 8.93. The molecule has 2 rings (SSSR count). The average molecular weight is 216 g/mol. The summed E-state index contributed by atoms with van der Waals surface area (Å²) in [6.45, 7) is 0.892. The molecule has 3 nitrogen and oxygen atoms in total. The maximum absolute atomic E-state index is 6.01. The zero-order valence-electron chi connectivity index (χ0n) is 9.60. The molecule has 84 valence electrons. The summed E-state index contributed by atoms with van der Waals surface area (Å²) in [6.07, 6.45) is 1.66. The lowest BCUT2D eigenvalue weighted by Gasteiger charge is -2.11. The van der Waals surface area contributed by atoms with Gasteiger partial charge in [-0.25, -0.2) is 0 Å². The van der Waals surface area contributed by atoms with Crippen molar-refractivity contribution in [2.45, 2.75) is 6.54 Å². The molecule has 0 aliphatic rings. The highest BCUT2D eigenvalue weighted by molar-refractivity contribution is 5.73. The Morgan fingerprint density at radius 1 is 1.25 bits per heavy atom. The van der Waals surface area contributed by atoms with Crippen LogP contribution in [0.15, 0.2) is 41.0 Å². The molecule has 0 unspecified atom stereocenters. The van der Waals surface area contributed by atoms with Gasteiger partial charge in [0.2, 0.25) is 0 Å². The first-order valence-electron chi connectivity index (χ1n) is 5.24. The molecule has 0 saturated carbocycles. The number of nitrogen functional groups attached to an aromatic ring is 1. The number of nitrogens with two attached hydrogens (primary N) is 1. The molecular formula is C13H16N2O. The quantitative estimate of drug-likeness (QED) is 0.802. The predicted molar refractivity (Wildman–Crippen MR) is 65.9 cm³/mol. The van der Waals surface area contributed by atoms with Crippen molar-refractivity contribution >= 4 is 5.69 Å². The van der Waals surface area contributed by atoms with Crippen LogP contribution < -0.4 is 5.73 Å². The van der Waals surface area contributed by atoms with Gasteiger partial charge < -0.3 is 15.1 Å². The minimum atomic E-state index is 0.759. The molecule has 1 aromatic carbocycles. The number of rotatable bonds is 3. The molecule has 2 N–H and O–H groups in total. The molecule has 0 amide bonds. The molecule has 0 atom stereocenters. The van der Waals surface area contributed by atoms with E-state index < -0.39 is 0 Å². The highest BCUT2D eigenvalue weighted by Gasteiger charge is 2.06. The largest absolute Gasteiger partial charge is 0.464 e. The Morgan fingerprint density at radius 2 is 2.06 bits per heavy atom. The van der Waals surface area contributed by atoms with E-state index in [0.717, 1.165) is 23.6 Å². The molecule has 0 radical (unpaired) electrons. The molecule has 0 aliphatic heterocycles. The molecule has 16 heavy (non-hydrogen) atoms. The Hall–Kier alpha value is -1.74. The van der Waals surface area contributed by atoms with Crippen LogP contribution in [0.2, 0.25) is 0 Å². The van der Waals surface area contributed by atoms with Crippen molar-refractivity contribution in [3.05, 3.63) is 42.2 Å². The second kappa shape index (κ2) is 4.41. The summed E-state index contributed by atoms with van der Waals surface area (Å²) < 4.78 is 5.33. The van der Waals surface area contributed by atoms with Crippen molar-refractivity contribution < 1.29 is 4.42 Å². The average Bonchev–Trinajstić information content (AvgIpc) is 2.69. The fourth-order valence-corrected chi connectivity index (χ4v) is 1.73. The van der Waals surface area contributed by atoms with Crippen LogP contribution in [-0.2, 0) is 6.54 Å². The minimum absolute atomic E-state index is 0.759. The van der Waals surface area contributed by atoms with Crippen molar-refractivity contribution in [3.63, 3.8) is 0 Å². The Morgan fingerprint density at radius 3 is 2.62 bits per heavy atom. The molecule has 2 aromatic rings. The van der Waals surface area contributed by atoms with Crippen molar-refractivity contribution in [3.8, 4) is 11.3 Å². The van der Waals surface area contributed by atoms with Crippen LogP contribution in [0.1, 0.15) is 5.56 Å². The topological polar surface area (TPSA) is 42.4 Å². The summed E-state index contributed by atoms with van der Waals surface area (Å²) in [5, 5.41) is 0. The Kier molecular flexibility index (Phi) is 2.97. The van der Waals surface area contributed by atoms with Crippen molar-refractivity contribution in [2.24, 2.45) is 0 Å². The third-order valence-corrected chi connectivity index (χ3v) is 2.40. The molecule has 0 fully saturated rings. The van der Waals surface area contributed by atoms with Gasteiger partial charge >= 0.3 is 0 Å². The number of hydrogen-bond donors (Lipinski definition) is 1. The Labute approximate surface area is 95.5 Å². The van der Waals surface area contributed by atoms with Gasteiger partial charge in [0.25, 0.3) is 0 Å². The van der Waals surface area contributed by atoms with Crippen LogP contribution in [0.25, 0.3) is 11.3 Å². The van der Waals surface area contributed by atoms with Gasteiger partial charge in [0.05, 0.1) is 6.26 Å². The molecule has 3 heteroatoms. The number of nitrogens with zero attached hydrogens (tertiary/aromatic N) is 1. The van der Waals surface area contributed by atoms with E-state index in [1.54, 1.807) is 6.26 Å². The lowest BCUT2D eigenvalue weighted by Crippen LogP contribution is -2.10. The van der Waals surface area contributed by atoms with Gasteiger partial charge in [-0.1, -0.05) is 6.07 Å². The fraction of sp³-hybridized carbons (Fsp3) is 0.231. The Bertz CT molecular complexity index is 461. The lowest BCUT2D eigenvalue weighted by molar-refractivity contribution is 0.402. The zero-order valence-corrected chi connectivity index (χ0v) is 9.60. The van der Waals surface area contributed by atoms with E-state index in [4.69, 9.17) is 10.2 Å². The zero-order chi connectivity index (χ0) is 11.5. The second-order valence-corrected chi connectivity index (χ2v) is 4.14. The third-order valence-electron chi connectivity index (χ3n) is 2.40. The van der Waals surface area contributed by atoms with E-state index in [2.05, 4.69) is 11.0 Å². The van der Waals surface area contributed by atoms with Crippen LogP contribution >= 0.6 is 0 Å². The van der Waals surface area contributed by atoms with E-state index in [9.17, 15) is 0 Å². The summed E-state index contributed by atoms with van der Waals surface area (Å²) in [6, 6.07) is 9.86. The monoisotopic (exact) mass is 216 g/mol. The first-order chi connectivity index (χ1) is 7.66. The van der Waals surface area contributed by atoms with E-state index in [1.807, 2.05) is 38.4 Å². The number of hydrogen-bond acceptors (Lipinski definition) is 3. The van der Waals surface area contributed by atoms with E-state index in [0.29, 0.717) is 0 Å². The maximum atomic E-state index is 6.01. The number of anilines is 1. The number of benzene rings is 1. The third kappa shape index (κ3) is 2.25. The minimum Gasteiger partial charge on any atom is -0.464 e. The summed E-state index contributed by atoms with van der Waals surface area (Å²) in [4.78, 5) is 2.11. The van der Waals surface area contributed by atoms with E-state index >= 15 is 0 Å². The summed E-state index contributed by atoms with van der Waals surface area (Å²) in [5.74, 6) is 0.814. The van der Waals surface area contributed by atoms with Gasteiger partial charge in [-0.2, -0.15) is 0 Å². The fourth-order valence-electron chi connectivity index (χ4n) is 1.73. The number of furan rings is 1. The van der Waals surface area contributed by atoms with Gasteiger partial charge in [-0.05, 0) is 43.9 Å². The van der Waals surface area contributed by atoms with E-state index in [-0.39, 0.29) is 0 Å². The first-order valence-corrected chi connectivity index (χ1v) is 5.24. The van der Waals surface area contributed by atoms with Crippen LogP contribution in [0.5, 0.6) is 0 Å². The van der Waals surface area contributed by atoms with Crippen LogP contribution in [-0.4, -0.2) is 19.0 Å². The van der Waals surface area contributed by atoms with Gasteiger partial charge in [0, 0.05) is 17.8 Å². The summed E-state index contributed by atoms with van der Waals surface area (Å²) >= 11 is 0. The van der Waals surface area contributed by atoms with Gasteiger partial charge in [-0.15, -0.1) is 0 Å². The lowest BCUT2D eigenvalue weighted by atomic mass is 10.1. The first kappa shape index (κ1) is 10.8.